The number of aryl methyl sites for hydroxylation is 1. The number of halogens is 1. The zero-order valence-electron chi connectivity index (χ0n) is 16.4. The summed E-state index contributed by atoms with van der Waals surface area (Å²) in [6.45, 7) is 2.04. The van der Waals surface area contributed by atoms with E-state index in [4.69, 9.17) is 0 Å². The number of H-pyrrole nitrogens is 2. The molecule has 6 nitrogen and oxygen atoms in total. The van der Waals surface area contributed by atoms with Gasteiger partial charge in [0.2, 0.25) is 0 Å². The number of aromatic amines is 2. The van der Waals surface area contributed by atoms with Crippen molar-refractivity contribution in [3.8, 4) is 11.3 Å². The summed E-state index contributed by atoms with van der Waals surface area (Å²) in [6.07, 6.45) is 8.86. The molecule has 0 amide bonds. The number of rotatable bonds is 5. The molecule has 2 N–H and O–H groups in total. The smallest absolute Gasteiger partial charge is 0.137 e. The number of aromatic nitrogens is 6. The highest BCUT2D eigenvalue weighted by Gasteiger charge is 2.09. The standard InChI is InChI=1S/C23H19FN6/c1-14-6-20-17(13-28-23(20)27-10-14)7-15-11-25-22(26-12-15)9-19-8-21(30-29-19)16-2-4-18(24)5-3-16/h2-6,8,10-13H,7,9H2,1H3,(H,27,28)(H,29,30). The van der Waals surface area contributed by atoms with Crippen LogP contribution in [0.3, 0.4) is 0 Å². The summed E-state index contributed by atoms with van der Waals surface area (Å²) in [7, 11) is 0. The Morgan fingerprint density at radius 1 is 0.933 bits per heavy atom. The van der Waals surface area contributed by atoms with Crippen LogP contribution >= 0.6 is 0 Å². The van der Waals surface area contributed by atoms with E-state index in [1.807, 2.05) is 37.8 Å². The molecule has 5 rings (SSSR count). The number of pyridine rings is 1. The predicted octanol–water partition coefficient (Wildman–Crippen LogP) is 4.37. The highest BCUT2D eigenvalue weighted by atomic mass is 19.1. The first-order valence-electron chi connectivity index (χ1n) is 9.67. The highest BCUT2D eigenvalue weighted by molar-refractivity contribution is 5.80. The van der Waals surface area contributed by atoms with Crippen LogP contribution in [0.1, 0.15) is 28.2 Å². The molecule has 0 radical (unpaired) electrons. The molecule has 4 heterocycles. The van der Waals surface area contributed by atoms with Crippen molar-refractivity contribution < 1.29 is 4.39 Å². The molecule has 4 aromatic heterocycles. The van der Waals surface area contributed by atoms with Crippen molar-refractivity contribution in [1.29, 1.82) is 0 Å². The Kier molecular flexibility index (Phi) is 4.55. The monoisotopic (exact) mass is 398 g/mol. The Labute approximate surface area is 172 Å². The molecule has 1 aromatic carbocycles. The third-order valence-corrected chi connectivity index (χ3v) is 5.03. The van der Waals surface area contributed by atoms with Gasteiger partial charge in [-0.05, 0) is 60.0 Å². The minimum Gasteiger partial charge on any atom is -0.346 e. The van der Waals surface area contributed by atoms with Crippen molar-refractivity contribution in [2.24, 2.45) is 0 Å². The number of fused-ring (bicyclic) bond motifs is 1. The molecule has 30 heavy (non-hydrogen) atoms. The molecular weight excluding hydrogens is 379 g/mol. The summed E-state index contributed by atoms with van der Waals surface area (Å²) >= 11 is 0. The van der Waals surface area contributed by atoms with Crippen molar-refractivity contribution in [3.63, 3.8) is 0 Å². The first-order valence-corrected chi connectivity index (χ1v) is 9.67. The van der Waals surface area contributed by atoms with E-state index in [1.165, 1.54) is 17.7 Å². The van der Waals surface area contributed by atoms with Gasteiger partial charge in [-0.15, -0.1) is 0 Å². The molecule has 0 spiro atoms. The maximum atomic E-state index is 13.1. The second-order valence-electron chi connectivity index (χ2n) is 7.37. The molecule has 7 heteroatoms. The fourth-order valence-corrected chi connectivity index (χ4v) is 3.48. The van der Waals surface area contributed by atoms with Crippen LogP contribution in [0, 0.1) is 12.7 Å². The van der Waals surface area contributed by atoms with Gasteiger partial charge >= 0.3 is 0 Å². The molecule has 0 atom stereocenters. The van der Waals surface area contributed by atoms with Gasteiger partial charge in [0.1, 0.15) is 17.3 Å². The average molecular weight is 398 g/mol. The van der Waals surface area contributed by atoms with E-state index in [2.05, 4.69) is 36.2 Å². The van der Waals surface area contributed by atoms with Crippen LogP contribution in [-0.2, 0) is 12.8 Å². The van der Waals surface area contributed by atoms with Crippen LogP contribution in [0.4, 0.5) is 4.39 Å². The molecule has 0 saturated heterocycles. The topological polar surface area (TPSA) is 83.1 Å². The van der Waals surface area contributed by atoms with Crippen LogP contribution in [0.2, 0.25) is 0 Å². The molecule has 0 bridgehead atoms. The van der Waals surface area contributed by atoms with Crippen molar-refractivity contribution in [2.45, 2.75) is 19.8 Å². The molecule has 0 unspecified atom stereocenters. The lowest BCUT2D eigenvalue weighted by atomic mass is 10.1. The van der Waals surface area contributed by atoms with Gasteiger partial charge in [0.15, 0.2) is 0 Å². The zero-order valence-corrected chi connectivity index (χ0v) is 16.4. The van der Waals surface area contributed by atoms with Crippen LogP contribution in [0.25, 0.3) is 22.3 Å². The van der Waals surface area contributed by atoms with Crippen LogP contribution in [-0.4, -0.2) is 30.1 Å². The lowest BCUT2D eigenvalue weighted by Gasteiger charge is -2.02. The Morgan fingerprint density at radius 3 is 2.53 bits per heavy atom. The van der Waals surface area contributed by atoms with Gasteiger partial charge in [0.25, 0.3) is 0 Å². The van der Waals surface area contributed by atoms with Gasteiger partial charge in [-0.1, -0.05) is 0 Å². The van der Waals surface area contributed by atoms with E-state index >= 15 is 0 Å². The van der Waals surface area contributed by atoms with E-state index in [0.29, 0.717) is 12.2 Å². The van der Waals surface area contributed by atoms with Gasteiger partial charge in [-0.25, -0.2) is 19.3 Å². The Hall–Kier alpha value is -3.87. The van der Waals surface area contributed by atoms with E-state index in [-0.39, 0.29) is 5.82 Å². The van der Waals surface area contributed by atoms with Gasteiger partial charge < -0.3 is 4.98 Å². The van der Waals surface area contributed by atoms with Crippen molar-refractivity contribution in [2.75, 3.05) is 0 Å². The molecule has 0 saturated carbocycles. The Balaban J connectivity index is 1.29. The number of hydrogen-bond acceptors (Lipinski definition) is 4. The van der Waals surface area contributed by atoms with Gasteiger partial charge in [-0.2, -0.15) is 5.10 Å². The van der Waals surface area contributed by atoms with E-state index in [0.717, 1.165) is 45.5 Å². The lowest BCUT2D eigenvalue weighted by molar-refractivity contribution is 0.628. The molecule has 148 valence electrons. The first kappa shape index (κ1) is 18.2. The summed E-state index contributed by atoms with van der Waals surface area (Å²) in [4.78, 5) is 16.7. The summed E-state index contributed by atoms with van der Waals surface area (Å²) < 4.78 is 13.1. The van der Waals surface area contributed by atoms with E-state index < -0.39 is 0 Å². The highest BCUT2D eigenvalue weighted by Crippen LogP contribution is 2.21. The van der Waals surface area contributed by atoms with E-state index in [1.54, 1.807) is 12.1 Å². The van der Waals surface area contributed by atoms with Crippen molar-refractivity contribution in [1.82, 2.24) is 30.1 Å². The lowest BCUT2D eigenvalue weighted by Crippen LogP contribution is -1.99. The zero-order chi connectivity index (χ0) is 20.5. The maximum Gasteiger partial charge on any atom is 0.137 e. The summed E-state index contributed by atoms with van der Waals surface area (Å²) in [5.74, 6) is 0.450. The number of benzene rings is 1. The Bertz CT molecular complexity index is 1300. The number of nitrogens with zero attached hydrogens (tertiary/aromatic N) is 4. The fourth-order valence-electron chi connectivity index (χ4n) is 3.48. The average Bonchev–Trinajstić information content (AvgIpc) is 3.37. The number of hydrogen-bond donors (Lipinski definition) is 2. The second-order valence-corrected chi connectivity index (χ2v) is 7.37. The van der Waals surface area contributed by atoms with Gasteiger partial charge in [0, 0.05) is 54.3 Å². The SMILES string of the molecule is Cc1cnc2[nH]cc(Cc3cnc(Cc4cc(-c5ccc(F)cc5)n[nH]4)nc3)c2c1. The minimum atomic E-state index is -0.262. The molecule has 0 aliphatic heterocycles. The largest absolute Gasteiger partial charge is 0.346 e. The third-order valence-electron chi connectivity index (χ3n) is 5.03. The number of nitrogens with one attached hydrogen (secondary N) is 2. The summed E-state index contributed by atoms with van der Waals surface area (Å²) in [5.41, 5.74) is 6.77. The summed E-state index contributed by atoms with van der Waals surface area (Å²) in [5, 5.41) is 8.44. The van der Waals surface area contributed by atoms with Crippen LogP contribution in [0.15, 0.2) is 61.2 Å². The fraction of sp³-hybridized carbons (Fsp3) is 0.130. The van der Waals surface area contributed by atoms with Crippen LogP contribution in [0.5, 0.6) is 0 Å². The predicted molar refractivity (Wildman–Crippen MR) is 112 cm³/mol. The molecule has 5 aromatic rings. The van der Waals surface area contributed by atoms with Crippen LogP contribution < -0.4 is 0 Å². The molecule has 0 aliphatic rings. The third kappa shape index (κ3) is 3.69. The Morgan fingerprint density at radius 2 is 1.73 bits per heavy atom. The molecule has 0 aliphatic carbocycles. The van der Waals surface area contributed by atoms with E-state index in [9.17, 15) is 4.39 Å². The summed E-state index contributed by atoms with van der Waals surface area (Å²) in [6, 6.07) is 10.4. The van der Waals surface area contributed by atoms with Gasteiger partial charge in [0.05, 0.1) is 5.69 Å². The van der Waals surface area contributed by atoms with Gasteiger partial charge in [-0.3, -0.25) is 5.10 Å². The quantitative estimate of drug-likeness (QED) is 0.460. The van der Waals surface area contributed by atoms with Crippen molar-refractivity contribution >= 4 is 11.0 Å². The van der Waals surface area contributed by atoms with Crippen molar-refractivity contribution in [3.05, 3.63) is 95.2 Å². The second kappa shape index (κ2) is 7.51. The first-order chi connectivity index (χ1) is 14.6. The minimum absolute atomic E-state index is 0.262. The normalized spacial score (nSPS) is 11.3. The molecule has 0 fully saturated rings. The molecular formula is C23H19FN6. The maximum absolute atomic E-state index is 13.1.